The maximum absolute atomic E-state index is 11.3. The van der Waals surface area contributed by atoms with Crippen LogP contribution in [0.15, 0.2) is 18.2 Å². The number of ether oxygens (including phenoxy) is 1. The molecule has 1 aliphatic rings. The fourth-order valence-electron chi connectivity index (χ4n) is 2.98. The molecule has 2 aromatic rings. The molecule has 0 aliphatic carbocycles. The summed E-state index contributed by atoms with van der Waals surface area (Å²) in [6.45, 7) is 3.75. The van der Waals surface area contributed by atoms with E-state index in [4.69, 9.17) is 27.9 Å². The van der Waals surface area contributed by atoms with Gasteiger partial charge < -0.3 is 14.7 Å². The van der Waals surface area contributed by atoms with Gasteiger partial charge in [0.05, 0.1) is 12.7 Å². The third-order valence-corrected chi connectivity index (χ3v) is 5.51. The van der Waals surface area contributed by atoms with E-state index in [0.29, 0.717) is 24.5 Å². The minimum atomic E-state index is -1.08. The van der Waals surface area contributed by atoms with Crippen LogP contribution < -0.4 is 4.90 Å². The minimum absolute atomic E-state index is 0.0367. The van der Waals surface area contributed by atoms with Crippen molar-refractivity contribution in [2.75, 3.05) is 24.7 Å². The number of anilines is 1. The van der Waals surface area contributed by atoms with Gasteiger partial charge in [-0.25, -0.2) is 9.25 Å². The molecule has 140 valence electrons. The SMILES string of the molecule is CPn1nnc(C(=O)O)c1COC1CCN(c2cc(Cl)cc(Cl)c2)CC1. The van der Waals surface area contributed by atoms with Crippen molar-refractivity contribution in [2.24, 2.45) is 0 Å². The number of piperidine rings is 1. The van der Waals surface area contributed by atoms with Crippen LogP contribution in [-0.4, -0.2) is 51.7 Å². The van der Waals surface area contributed by atoms with E-state index in [2.05, 4.69) is 15.2 Å². The highest BCUT2D eigenvalue weighted by Crippen LogP contribution is 2.28. The molecular weight excluding hydrogens is 398 g/mol. The van der Waals surface area contributed by atoms with Crippen molar-refractivity contribution in [3.8, 4) is 0 Å². The number of rotatable bonds is 6. The van der Waals surface area contributed by atoms with Crippen molar-refractivity contribution in [2.45, 2.75) is 25.6 Å². The number of carboxylic acids is 1. The molecule has 1 fully saturated rings. The summed E-state index contributed by atoms with van der Waals surface area (Å²) in [6.07, 6.45) is 1.73. The normalized spacial score (nSPS) is 15.9. The summed E-state index contributed by atoms with van der Waals surface area (Å²) in [5, 5.41) is 18.1. The molecule has 0 radical (unpaired) electrons. The van der Waals surface area contributed by atoms with Crippen molar-refractivity contribution in [3.05, 3.63) is 39.6 Å². The number of carboxylic acid groups (broad SMARTS) is 1. The number of aromatic nitrogens is 3. The number of carbonyl (C=O) groups is 1. The van der Waals surface area contributed by atoms with Crippen molar-refractivity contribution < 1.29 is 14.6 Å². The van der Waals surface area contributed by atoms with Gasteiger partial charge in [-0.15, -0.1) is 5.10 Å². The molecule has 0 amide bonds. The van der Waals surface area contributed by atoms with Gasteiger partial charge in [0.15, 0.2) is 5.69 Å². The van der Waals surface area contributed by atoms with Crippen LogP contribution in [0.1, 0.15) is 29.0 Å². The maximum Gasteiger partial charge on any atom is 0.358 e. The van der Waals surface area contributed by atoms with Crippen LogP contribution in [0.3, 0.4) is 0 Å². The van der Waals surface area contributed by atoms with Crippen LogP contribution in [0.25, 0.3) is 0 Å². The number of hydrogen-bond donors (Lipinski definition) is 1. The summed E-state index contributed by atoms with van der Waals surface area (Å²) in [6, 6.07) is 5.52. The van der Waals surface area contributed by atoms with Crippen molar-refractivity contribution in [1.29, 1.82) is 0 Å². The van der Waals surface area contributed by atoms with E-state index in [1.54, 1.807) is 10.5 Å². The Balaban J connectivity index is 1.58. The molecule has 1 aromatic heterocycles. The highest BCUT2D eigenvalue weighted by molar-refractivity contribution is 7.35. The number of hydrogen-bond acceptors (Lipinski definition) is 5. The maximum atomic E-state index is 11.3. The molecule has 3 rings (SSSR count). The second-order valence-electron chi connectivity index (χ2n) is 5.95. The molecular formula is C16H19Cl2N4O3P. The first kappa shape index (κ1) is 19.4. The van der Waals surface area contributed by atoms with E-state index in [1.807, 2.05) is 18.8 Å². The lowest BCUT2D eigenvalue weighted by Crippen LogP contribution is -2.37. The molecule has 7 nitrogen and oxygen atoms in total. The van der Waals surface area contributed by atoms with Crippen LogP contribution in [0.2, 0.25) is 10.0 Å². The molecule has 1 unspecified atom stereocenters. The van der Waals surface area contributed by atoms with Crippen LogP contribution in [-0.2, 0) is 11.3 Å². The fourth-order valence-corrected chi connectivity index (χ4v) is 4.07. The monoisotopic (exact) mass is 416 g/mol. The molecule has 0 saturated carbocycles. The molecule has 1 aromatic carbocycles. The highest BCUT2D eigenvalue weighted by Gasteiger charge is 2.23. The lowest BCUT2D eigenvalue weighted by atomic mass is 10.1. The average molecular weight is 417 g/mol. The zero-order chi connectivity index (χ0) is 18.7. The first-order valence-corrected chi connectivity index (χ1v) is 10.4. The predicted octanol–water partition coefficient (Wildman–Crippen LogP) is 3.54. The molecule has 1 aliphatic heterocycles. The van der Waals surface area contributed by atoms with E-state index < -0.39 is 5.97 Å². The van der Waals surface area contributed by atoms with E-state index in [1.165, 1.54) is 0 Å². The second kappa shape index (κ2) is 8.53. The summed E-state index contributed by atoms with van der Waals surface area (Å²) in [4.78, 5) is 13.5. The van der Waals surface area contributed by atoms with Crippen LogP contribution in [0.4, 0.5) is 5.69 Å². The van der Waals surface area contributed by atoms with Crippen molar-refractivity contribution >= 4 is 43.6 Å². The number of halogens is 2. The lowest BCUT2D eigenvalue weighted by Gasteiger charge is -2.33. The predicted molar refractivity (Wildman–Crippen MR) is 103 cm³/mol. The smallest absolute Gasteiger partial charge is 0.358 e. The van der Waals surface area contributed by atoms with Gasteiger partial charge in [-0.2, -0.15) is 0 Å². The van der Waals surface area contributed by atoms with E-state index >= 15 is 0 Å². The Morgan fingerprint density at radius 3 is 2.54 bits per heavy atom. The first-order valence-electron chi connectivity index (χ1n) is 8.16. The van der Waals surface area contributed by atoms with E-state index in [-0.39, 0.29) is 18.4 Å². The van der Waals surface area contributed by atoms with Gasteiger partial charge in [0, 0.05) is 37.6 Å². The average Bonchev–Trinajstić information content (AvgIpc) is 3.02. The summed E-state index contributed by atoms with van der Waals surface area (Å²) >= 11 is 12.2. The van der Waals surface area contributed by atoms with Gasteiger partial charge in [-0.1, -0.05) is 28.4 Å². The zero-order valence-electron chi connectivity index (χ0n) is 14.2. The minimum Gasteiger partial charge on any atom is -0.476 e. The van der Waals surface area contributed by atoms with Gasteiger partial charge in [0.25, 0.3) is 0 Å². The highest BCUT2D eigenvalue weighted by atomic mass is 35.5. The Morgan fingerprint density at radius 2 is 1.96 bits per heavy atom. The second-order valence-corrected chi connectivity index (χ2v) is 7.69. The number of nitrogens with zero attached hydrogens (tertiary/aromatic N) is 4. The zero-order valence-corrected chi connectivity index (χ0v) is 16.7. The lowest BCUT2D eigenvalue weighted by molar-refractivity contribution is 0.0221. The molecule has 26 heavy (non-hydrogen) atoms. The van der Waals surface area contributed by atoms with E-state index in [9.17, 15) is 9.90 Å². The topological polar surface area (TPSA) is 80.5 Å². The molecule has 0 bridgehead atoms. The molecule has 2 heterocycles. The molecule has 1 atom stereocenters. The van der Waals surface area contributed by atoms with Crippen LogP contribution >= 0.6 is 31.9 Å². The molecule has 10 heteroatoms. The number of aromatic carboxylic acids is 1. The fraction of sp³-hybridized carbons (Fsp3) is 0.438. The summed E-state index contributed by atoms with van der Waals surface area (Å²) < 4.78 is 7.54. The van der Waals surface area contributed by atoms with Gasteiger partial charge in [-0.05, 0) is 37.7 Å². The summed E-state index contributed by atoms with van der Waals surface area (Å²) in [5.41, 5.74) is 1.48. The quantitative estimate of drug-likeness (QED) is 0.725. The molecule has 1 N–H and O–H groups in total. The largest absolute Gasteiger partial charge is 0.476 e. The Kier molecular flexibility index (Phi) is 6.35. The van der Waals surface area contributed by atoms with Gasteiger partial charge in [0.1, 0.15) is 5.69 Å². The van der Waals surface area contributed by atoms with Crippen LogP contribution in [0.5, 0.6) is 0 Å². The van der Waals surface area contributed by atoms with Crippen LogP contribution in [0, 0.1) is 0 Å². The van der Waals surface area contributed by atoms with Crippen molar-refractivity contribution in [1.82, 2.24) is 14.8 Å². The standard InChI is InChI=1S/C16H19Cl2N4O3P/c1-26-22-14(15(16(23)24)19-20-22)9-25-13-2-4-21(5-3-13)12-7-10(17)6-11(18)8-12/h6-8,13,26H,2-5,9H2,1H3,(H,23,24). The van der Waals surface area contributed by atoms with Gasteiger partial charge in [0.2, 0.25) is 0 Å². The Hall–Kier alpha value is -1.40. The first-order chi connectivity index (χ1) is 12.5. The Labute approximate surface area is 163 Å². The van der Waals surface area contributed by atoms with Gasteiger partial charge >= 0.3 is 5.97 Å². The Morgan fingerprint density at radius 1 is 1.31 bits per heavy atom. The van der Waals surface area contributed by atoms with E-state index in [0.717, 1.165) is 31.6 Å². The molecule has 1 saturated heterocycles. The number of benzene rings is 1. The summed E-state index contributed by atoms with van der Waals surface area (Å²) in [7, 11) is 0.302. The van der Waals surface area contributed by atoms with Gasteiger partial charge in [-0.3, -0.25) is 0 Å². The Bertz CT molecular complexity index is 774. The van der Waals surface area contributed by atoms with Crippen molar-refractivity contribution in [3.63, 3.8) is 0 Å². The third kappa shape index (κ3) is 4.46. The third-order valence-electron chi connectivity index (χ3n) is 4.29. The molecule has 0 spiro atoms. The summed E-state index contributed by atoms with van der Waals surface area (Å²) in [5.74, 6) is -1.08.